The smallest absolute Gasteiger partial charge is 0.123 e. The number of anilines is 1. The Morgan fingerprint density at radius 3 is 2.57 bits per heavy atom. The van der Waals surface area contributed by atoms with Crippen molar-refractivity contribution in [2.24, 2.45) is 5.92 Å². The Bertz CT molecular complexity index is 703. The summed E-state index contributed by atoms with van der Waals surface area (Å²) < 4.78 is 13.0. The maximum Gasteiger partial charge on any atom is 0.123 e. The summed E-state index contributed by atoms with van der Waals surface area (Å²) in [5.41, 5.74) is 2.23. The first kappa shape index (κ1) is 15.4. The monoisotopic (exact) mass is 311 g/mol. The van der Waals surface area contributed by atoms with Gasteiger partial charge in [0, 0.05) is 25.5 Å². The molecule has 5 heteroatoms. The average Bonchev–Trinajstić information content (AvgIpc) is 2.62. The van der Waals surface area contributed by atoms with Gasteiger partial charge >= 0.3 is 0 Å². The number of halogens is 1. The van der Waals surface area contributed by atoms with Crippen LogP contribution < -0.4 is 4.90 Å². The van der Waals surface area contributed by atoms with Gasteiger partial charge in [-0.1, -0.05) is 12.1 Å². The molecule has 1 aliphatic rings. The SMILES string of the molecule is N#Cc1cnccc1N1CCC(C(O)c2ccc(F)cc2)CC1. The van der Waals surface area contributed by atoms with Gasteiger partial charge in [-0.05, 0) is 42.5 Å². The van der Waals surface area contributed by atoms with Crippen molar-refractivity contribution in [3.63, 3.8) is 0 Å². The number of nitriles is 1. The van der Waals surface area contributed by atoms with Gasteiger partial charge in [0.2, 0.25) is 0 Å². The summed E-state index contributed by atoms with van der Waals surface area (Å²) in [5.74, 6) is -0.151. The van der Waals surface area contributed by atoms with Crippen LogP contribution in [-0.2, 0) is 0 Å². The molecular weight excluding hydrogens is 293 g/mol. The van der Waals surface area contributed by atoms with E-state index in [9.17, 15) is 14.8 Å². The van der Waals surface area contributed by atoms with E-state index in [1.807, 2.05) is 6.07 Å². The van der Waals surface area contributed by atoms with Gasteiger partial charge in [0.05, 0.1) is 17.4 Å². The molecule has 0 amide bonds. The summed E-state index contributed by atoms with van der Waals surface area (Å²) in [7, 11) is 0. The Hall–Kier alpha value is -2.45. The Balaban J connectivity index is 1.66. The van der Waals surface area contributed by atoms with Crippen molar-refractivity contribution >= 4 is 5.69 Å². The molecule has 1 unspecified atom stereocenters. The highest BCUT2D eigenvalue weighted by Gasteiger charge is 2.27. The largest absolute Gasteiger partial charge is 0.388 e. The minimum atomic E-state index is -0.578. The lowest BCUT2D eigenvalue weighted by Gasteiger charge is -2.36. The van der Waals surface area contributed by atoms with Crippen molar-refractivity contribution in [1.29, 1.82) is 5.26 Å². The van der Waals surface area contributed by atoms with Gasteiger partial charge in [-0.15, -0.1) is 0 Å². The van der Waals surface area contributed by atoms with Crippen molar-refractivity contribution in [1.82, 2.24) is 4.98 Å². The van der Waals surface area contributed by atoms with Crippen LogP contribution >= 0.6 is 0 Å². The number of benzene rings is 1. The maximum atomic E-state index is 13.0. The molecule has 3 rings (SSSR count). The molecule has 1 fully saturated rings. The molecule has 1 aliphatic heterocycles. The first-order chi connectivity index (χ1) is 11.2. The van der Waals surface area contributed by atoms with E-state index in [2.05, 4.69) is 16.0 Å². The molecule has 1 aromatic carbocycles. The predicted octanol–water partition coefficient (Wildman–Crippen LogP) is 3.04. The zero-order chi connectivity index (χ0) is 16.2. The number of aromatic nitrogens is 1. The second-order valence-corrected chi connectivity index (χ2v) is 5.83. The molecular formula is C18H18FN3O. The van der Waals surface area contributed by atoms with Crippen LogP contribution in [0.3, 0.4) is 0 Å². The van der Waals surface area contributed by atoms with Gasteiger partial charge in [0.15, 0.2) is 0 Å². The van der Waals surface area contributed by atoms with Crippen molar-refractivity contribution in [2.45, 2.75) is 18.9 Å². The van der Waals surface area contributed by atoms with E-state index in [1.54, 1.807) is 24.5 Å². The molecule has 4 nitrogen and oxygen atoms in total. The molecule has 2 heterocycles. The maximum absolute atomic E-state index is 13.0. The number of pyridine rings is 1. The van der Waals surface area contributed by atoms with Crippen LogP contribution in [0, 0.1) is 23.1 Å². The van der Waals surface area contributed by atoms with Crippen LogP contribution in [-0.4, -0.2) is 23.2 Å². The predicted molar refractivity (Wildman–Crippen MR) is 85.2 cm³/mol. The summed E-state index contributed by atoms with van der Waals surface area (Å²) >= 11 is 0. The molecule has 1 atom stereocenters. The van der Waals surface area contributed by atoms with E-state index in [0.29, 0.717) is 5.56 Å². The Morgan fingerprint density at radius 2 is 1.91 bits per heavy atom. The lowest BCUT2D eigenvalue weighted by atomic mass is 9.87. The first-order valence-electron chi connectivity index (χ1n) is 7.71. The summed E-state index contributed by atoms with van der Waals surface area (Å²) in [4.78, 5) is 6.14. The molecule has 118 valence electrons. The highest BCUT2D eigenvalue weighted by Crippen LogP contribution is 2.33. The van der Waals surface area contributed by atoms with E-state index in [0.717, 1.165) is 37.2 Å². The van der Waals surface area contributed by atoms with E-state index >= 15 is 0 Å². The summed E-state index contributed by atoms with van der Waals surface area (Å²) in [5, 5.41) is 19.7. The second kappa shape index (κ2) is 6.76. The minimum absolute atomic E-state index is 0.143. The molecule has 0 radical (unpaired) electrons. The molecule has 0 spiro atoms. The molecule has 2 aromatic rings. The fourth-order valence-electron chi connectivity index (χ4n) is 3.14. The topological polar surface area (TPSA) is 60.2 Å². The number of aliphatic hydroxyl groups is 1. The molecule has 1 saturated heterocycles. The van der Waals surface area contributed by atoms with E-state index in [4.69, 9.17) is 0 Å². The fraction of sp³-hybridized carbons (Fsp3) is 0.333. The van der Waals surface area contributed by atoms with Crippen LogP contribution in [0.4, 0.5) is 10.1 Å². The highest BCUT2D eigenvalue weighted by molar-refractivity contribution is 5.58. The van der Waals surface area contributed by atoms with E-state index in [-0.39, 0.29) is 11.7 Å². The van der Waals surface area contributed by atoms with Gasteiger partial charge in [-0.2, -0.15) is 5.26 Å². The van der Waals surface area contributed by atoms with Crippen LogP contribution in [0.1, 0.15) is 30.1 Å². The van der Waals surface area contributed by atoms with Crippen LogP contribution in [0.2, 0.25) is 0 Å². The van der Waals surface area contributed by atoms with Crippen molar-refractivity contribution in [2.75, 3.05) is 18.0 Å². The zero-order valence-corrected chi connectivity index (χ0v) is 12.7. The molecule has 1 N–H and O–H groups in total. The van der Waals surface area contributed by atoms with Gasteiger partial charge in [-0.25, -0.2) is 4.39 Å². The molecule has 0 saturated carbocycles. The summed E-state index contributed by atoms with van der Waals surface area (Å²) in [6.45, 7) is 1.56. The first-order valence-corrected chi connectivity index (χ1v) is 7.71. The van der Waals surface area contributed by atoms with Crippen molar-refractivity contribution in [3.05, 3.63) is 59.7 Å². The van der Waals surface area contributed by atoms with Crippen LogP contribution in [0.25, 0.3) is 0 Å². The number of hydrogen-bond donors (Lipinski definition) is 1. The molecule has 0 bridgehead atoms. The van der Waals surface area contributed by atoms with Crippen molar-refractivity contribution < 1.29 is 9.50 Å². The van der Waals surface area contributed by atoms with Gasteiger partial charge in [0.25, 0.3) is 0 Å². The van der Waals surface area contributed by atoms with Gasteiger partial charge < -0.3 is 10.0 Å². The Morgan fingerprint density at radius 1 is 1.22 bits per heavy atom. The zero-order valence-electron chi connectivity index (χ0n) is 12.7. The number of nitrogens with zero attached hydrogens (tertiary/aromatic N) is 3. The van der Waals surface area contributed by atoms with Gasteiger partial charge in [-0.3, -0.25) is 4.98 Å². The lowest BCUT2D eigenvalue weighted by Crippen LogP contribution is -2.36. The average molecular weight is 311 g/mol. The normalized spacial score (nSPS) is 16.8. The summed E-state index contributed by atoms with van der Waals surface area (Å²) in [6, 6.07) is 10.1. The minimum Gasteiger partial charge on any atom is -0.388 e. The van der Waals surface area contributed by atoms with E-state index in [1.165, 1.54) is 12.1 Å². The lowest BCUT2D eigenvalue weighted by molar-refractivity contribution is 0.0929. The summed E-state index contributed by atoms with van der Waals surface area (Å²) in [6.07, 6.45) is 4.34. The molecule has 1 aromatic heterocycles. The molecule has 23 heavy (non-hydrogen) atoms. The van der Waals surface area contributed by atoms with Crippen LogP contribution in [0.15, 0.2) is 42.7 Å². The second-order valence-electron chi connectivity index (χ2n) is 5.83. The quantitative estimate of drug-likeness (QED) is 0.946. The van der Waals surface area contributed by atoms with Gasteiger partial charge in [0.1, 0.15) is 11.9 Å². The van der Waals surface area contributed by atoms with Crippen molar-refractivity contribution in [3.8, 4) is 6.07 Å². The third-order valence-corrected chi connectivity index (χ3v) is 4.46. The Labute approximate surface area is 134 Å². The Kier molecular flexibility index (Phi) is 4.54. The van der Waals surface area contributed by atoms with E-state index < -0.39 is 6.10 Å². The number of aliphatic hydroxyl groups excluding tert-OH is 1. The number of piperidine rings is 1. The highest BCUT2D eigenvalue weighted by atomic mass is 19.1. The third kappa shape index (κ3) is 3.33. The molecule has 0 aliphatic carbocycles. The standard InChI is InChI=1S/C18H18FN3O/c19-16-3-1-13(2-4-16)18(23)14-6-9-22(10-7-14)17-5-8-21-12-15(17)11-20/h1-5,8,12,14,18,23H,6-7,9-10H2. The number of rotatable bonds is 3. The van der Waals surface area contributed by atoms with Crippen LogP contribution in [0.5, 0.6) is 0 Å². The number of hydrogen-bond acceptors (Lipinski definition) is 4. The fourth-order valence-corrected chi connectivity index (χ4v) is 3.14. The third-order valence-electron chi connectivity index (χ3n) is 4.46.